The van der Waals surface area contributed by atoms with E-state index in [0.29, 0.717) is 40.6 Å². The highest BCUT2D eigenvalue weighted by Crippen LogP contribution is 2.45. The van der Waals surface area contributed by atoms with Crippen LogP contribution >= 0.6 is 23.1 Å². The third-order valence-corrected chi connectivity index (χ3v) is 9.57. The van der Waals surface area contributed by atoms with Gasteiger partial charge >= 0.3 is 0 Å². The summed E-state index contributed by atoms with van der Waals surface area (Å²) in [5.74, 6) is 1.97. The molecule has 2 heterocycles. The van der Waals surface area contributed by atoms with Gasteiger partial charge in [-0.25, -0.2) is 0 Å². The van der Waals surface area contributed by atoms with E-state index in [1.807, 2.05) is 35.8 Å². The highest BCUT2D eigenvalue weighted by atomic mass is 32.2. The van der Waals surface area contributed by atoms with E-state index in [-0.39, 0.29) is 17.1 Å². The normalized spacial score (nSPS) is 15.0. The number of nitriles is 1. The molecule has 1 aliphatic carbocycles. The van der Waals surface area contributed by atoms with E-state index in [0.717, 1.165) is 42.6 Å². The average molecular weight is 550 g/mol. The summed E-state index contributed by atoms with van der Waals surface area (Å²) in [5.41, 5.74) is 2.85. The number of carbonyl (C=O) groups is 1. The van der Waals surface area contributed by atoms with Crippen LogP contribution in [0.25, 0.3) is 11.4 Å². The fraction of sp³-hybridized carbons (Fsp3) is 0.448. The number of aromatic nitrogens is 3. The molecule has 38 heavy (non-hydrogen) atoms. The number of hydrogen-bond acceptors (Lipinski definition) is 7. The van der Waals surface area contributed by atoms with Crippen LogP contribution in [0.4, 0.5) is 5.00 Å². The molecule has 3 aromatic rings. The van der Waals surface area contributed by atoms with Crippen molar-refractivity contribution in [2.24, 2.45) is 11.3 Å². The van der Waals surface area contributed by atoms with E-state index < -0.39 is 0 Å². The number of thioether (sulfide) groups is 1. The van der Waals surface area contributed by atoms with Gasteiger partial charge in [0.2, 0.25) is 5.91 Å². The number of amides is 1. The number of allylic oxidation sites excluding steroid dienone is 1. The van der Waals surface area contributed by atoms with Crippen LogP contribution in [0.3, 0.4) is 0 Å². The molecule has 1 amide bonds. The first kappa shape index (κ1) is 27.9. The zero-order valence-corrected chi connectivity index (χ0v) is 24.2. The van der Waals surface area contributed by atoms with Crippen molar-refractivity contribution in [3.05, 3.63) is 52.9 Å². The summed E-state index contributed by atoms with van der Waals surface area (Å²) >= 11 is 2.88. The Morgan fingerprint density at radius 3 is 2.87 bits per heavy atom. The summed E-state index contributed by atoms with van der Waals surface area (Å²) in [6.07, 6.45) is 5.85. The van der Waals surface area contributed by atoms with Crippen LogP contribution in [-0.4, -0.2) is 33.0 Å². The number of thiophene rings is 1. The van der Waals surface area contributed by atoms with Crippen LogP contribution in [-0.2, 0) is 24.2 Å². The van der Waals surface area contributed by atoms with E-state index in [1.54, 1.807) is 17.4 Å². The first-order chi connectivity index (χ1) is 18.3. The summed E-state index contributed by atoms with van der Waals surface area (Å²) < 4.78 is 7.72. The molecule has 0 radical (unpaired) electrons. The number of anilines is 1. The van der Waals surface area contributed by atoms with Crippen molar-refractivity contribution < 1.29 is 9.53 Å². The number of fused-ring (bicyclic) bond motifs is 1. The fourth-order valence-corrected chi connectivity index (χ4v) is 6.90. The molecule has 0 saturated heterocycles. The molecule has 0 bridgehead atoms. The lowest BCUT2D eigenvalue weighted by molar-refractivity contribution is -0.113. The Bertz CT molecular complexity index is 1350. The molecule has 1 N–H and O–H groups in total. The Morgan fingerprint density at radius 2 is 2.16 bits per heavy atom. The number of ether oxygens (including phenoxy) is 1. The van der Waals surface area contributed by atoms with E-state index >= 15 is 0 Å². The van der Waals surface area contributed by atoms with Crippen molar-refractivity contribution in [1.82, 2.24) is 14.8 Å². The zero-order valence-electron chi connectivity index (χ0n) is 22.5. The van der Waals surface area contributed by atoms with Gasteiger partial charge in [-0.05, 0) is 55.2 Å². The first-order valence-electron chi connectivity index (χ1n) is 13.1. The molecule has 9 heteroatoms. The number of carbonyl (C=O) groups excluding carboxylic acids is 1. The molecule has 0 saturated carbocycles. The number of para-hydroxylation sites is 1. The Labute approximate surface area is 233 Å². The standard InChI is InChI=1S/C29H35N5O2S2/c1-6-15-34-26(21-11-9-10-12-23(21)36-8-3)32-33-28(34)37-18-25(35)31-27-22(17-30)20-14-13-19(16-24(20)38-27)29(4,5)7-2/h6,9-12,19H,1,7-8,13-16,18H2,2-5H3,(H,31,35). The van der Waals surface area contributed by atoms with Gasteiger partial charge in [0, 0.05) is 11.4 Å². The molecule has 200 valence electrons. The molecular formula is C29H35N5O2S2. The SMILES string of the molecule is C=CCn1c(SCC(=O)Nc2sc3c(c2C#N)CCC(C(C)(C)CC)C3)nnc1-c1ccccc1OCC. The number of rotatable bonds is 11. The van der Waals surface area contributed by atoms with Crippen molar-refractivity contribution in [2.75, 3.05) is 17.7 Å². The molecule has 4 rings (SSSR count). The van der Waals surface area contributed by atoms with Gasteiger partial charge in [-0.2, -0.15) is 5.26 Å². The van der Waals surface area contributed by atoms with Crippen molar-refractivity contribution in [3.8, 4) is 23.2 Å². The summed E-state index contributed by atoms with van der Waals surface area (Å²) in [6.45, 7) is 13.8. The van der Waals surface area contributed by atoms with Crippen LogP contribution in [0.1, 0.15) is 56.5 Å². The molecule has 0 fully saturated rings. The second-order valence-electron chi connectivity index (χ2n) is 10.1. The van der Waals surface area contributed by atoms with Gasteiger partial charge in [-0.15, -0.1) is 28.1 Å². The van der Waals surface area contributed by atoms with Crippen LogP contribution in [0, 0.1) is 22.7 Å². The fourth-order valence-electron chi connectivity index (χ4n) is 4.86. The molecule has 7 nitrogen and oxygen atoms in total. The van der Waals surface area contributed by atoms with Crippen molar-refractivity contribution in [3.63, 3.8) is 0 Å². The lowest BCUT2D eigenvalue weighted by atomic mass is 9.69. The summed E-state index contributed by atoms with van der Waals surface area (Å²) in [5, 5.41) is 22.9. The van der Waals surface area contributed by atoms with Gasteiger partial charge in [-0.1, -0.05) is 57.2 Å². The van der Waals surface area contributed by atoms with Crippen molar-refractivity contribution in [2.45, 2.75) is 65.1 Å². The van der Waals surface area contributed by atoms with E-state index in [4.69, 9.17) is 4.74 Å². The maximum atomic E-state index is 13.0. The molecule has 0 spiro atoms. The molecule has 1 aromatic carbocycles. The minimum Gasteiger partial charge on any atom is -0.493 e. The van der Waals surface area contributed by atoms with Crippen LogP contribution in [0.2, 0.25) is 0 Å². The third kappa shape index (κ3) is 5.82. The van der Waals surface area contributed by atoms with Gasteiger partial charge in [0.15, 0.2) is 11.0 Å². The van der Waals surface area contributed by atoms with Crippen LogP contribution < -0.4 is 10.1 Å². The quantitative estimate of drug-likeness (QED) is 0.210. The first-order valence-corrected chi connectivity index (χ1v) is 14.9. The molecule has 1 atom stereocenters. The predicted octanol–water partition coefficient (Wildman–Crippen LogP) is 6.73. The molecule has 2 aromatic heterocycles. The van der Waals surface area contributed by atoms with Crippen LogP contribution in [0.15, 0.2) is 42.1 Å². The molecule has 0 aliphatic heterocycles. The number of nitrogens with one attached hydrogen (secondary N) is 1. The monoisotopic (exact) mass is 549 g/mol. The van der Waals surface area contributed by atoms with Gasteiger partial charge in [0.1, 0.15) is 16.8 Å². The van der Waals surface area contributed by atoms with Gasteiger partial charge in [-0.3, -0.25) is 9.36 Å². The summed E-state index contributed by atoms with van der Waals surface area (Å²) in [6, 6.07) is 10.1. The lowest BCUT2D eigenvalue weighted by Crippen LogP contribution is -2.28. The highest BCUT2D eigenvalue weighted by Gasteiger charge is 2.34. The summed E-state index contributed by atoms with van der Waals surface area (Å²) in [4.78, 5) is 14.2. The second kappa shape index (κ2) is 12.2. The van der Waals surface area contributed by atoms with Crippen molar-refractivity contribution >= 4 is 34.0 Å². The Hall–Kier alpha value is -3.09. The Balaban J connectivity index is 1.49. The molecule has 1 aliphatic rings. The van der Waals surface area contributed by atoms with Gasteiger partial charge in [0.25, 0.3) is 0 Å². The Morgan fingerprint density at radius 1 is 1.37 bits per heavy atom. The van der Waals surface area contributed by atoms with Gasteiger partial charge < -0.3 is 10.1 Å². The Kier molecular flexibility index (Phi) is 8.95. The smallest absolute Gasteiger partial charge is 0.235 e. The van der Waals surface area contributed by atoms with E-state index in [1.165, 1.54) is 16.6 Å². The van der Waals surface area contributed by atoms with Crippen molar-refractivity contribution in [1.29, 1.82) is 5.26 Å². The average Bonchev–Trinajstić information content (AvgIpc) is 3.47. The minimum absolute atomic E-state index is 0.154. The topological polar surface area (TPSA) is 92.8 Å². The van der Waals surface area contributed by atoms with Crippen LogP contribution in [0.5, 0.6) is 5.75 Å². The van der Waals surface area contributed by atoms with E-state index in [2.05, 4.69) is 48.9 Å². The number of benzene rings is 1. The maximum absolute atomic E-state index is 13.0. The third-order valence-electron chi connectivity index (χ3n) is 7.44. The second-order valence-corrected chi connectivity index (χ2v) is 12.1. The van der Waals surface area contributed by atoms with E-state index in [9.17, 15) is 10.1 Å². The highest BCUT2D eigenvalue weighted by molar-refractivity contribution is 7.99. The molecular weight excluding hydrogens is 514 g/mol. The molecule has 1 unspecified atom stereocenters. The minimum atomic E-state index is -0.167. The largest absolute Gasteiger partial charge is 0.493 e. The predicted molar refractivity (Wildman–Crippen MR) is 155 cm³/mol. The lowest BCUT2D eigenvalue weighted by Gasteiger charge is -2.36. The summed E-state index contributed by atoms with van der Waals surface area (Å²) in [7, 11) is 0. The number of nitrogens with zero attached hydrogens (tertiary/aromatic N) is 4. The van der Waals surface area contributed by atoms with Gasteiger partial charge in [0.05, 0.1) is 23.5 Å². The maximum Gasteiger partial charge on any atom is 0.235 e. The zero-order chi connectivity index (χ0) is 27.3. The number of hydrogen-bond donors (Lipinski definition) is 1.